The van der Waals surface area contributed by atoms with Crippen molar-refractivity contribution in [1.82, 2.24) is 9.97 Å². The van der Waals surface area contributed by atoms with Gasteiger partial charge in [-0.1, -0.05) is 11.6 Å². The van der Waals surface area contributed by atoms with E-state index in [1.54, 1.807) is 13.0 Å². The van der Waals surface area contributed by atoms with Gasteiger partial charge in [0, 0.05) is 24.4 Å². The molecule has 0 fully saturated rings. The summed E-state index contributed by atoms with van der Waals surface area (Å²) in [6.07, 6.45) is 8.29. The normalized spacial score (nSPS) is 14.1. The molecule has 1 aromatic heterocycles. The minimum absolute atomic E-state index is 0.440. The van der Waals surface area contributed by atoms with E-state index >= 15 is 0 Å². The molecule has 6 heteroatoms. The molecule has 0 unspecified atom stereocenters. The van der Waals surface area contributed by atoms with Gasteiger partial charge in [-0.2, -0.15) is 0 Å². The third kappa shape index (κ3) is 4.98. The third-order valence-electron chi connectivity index (χ3n) is 4.17. The van der Waals surface area contributed by atoms with Crippen molar-refractivity contribution in [1.29, 1.82) is 0 Å². The molecule has 0 bridgehead atoms. The van der Waals surface area contributed by atoms with E-state index in [1.165, 1.54) is 37.3 Å². The lowest BCUT2D eigenvalue weighted by Crippen LogP contribution is -2.08. The van der Waals surface area contributed by atoms with Gasteiger partial charge in [0.15, 0.2) is 11.6 Å². The maximum atomic E-state index is 13.3. The fraction of sp³-hybridized carbons (Fsp3) is 0.368. The van der Waals surface area contributed by atoms with Gasteiger partial charge in [0.1, 0.15) is 17.5 Å². The number of anilines is 3. The van der Waals surface area contributed by atoms with E-state index in [-0.39, 0.29) is 0 Å². The first kappa shape index (κ1) is 17.3. The molecule has 2 aromatic rings. The summed E-state index contributed by atoms with van der Waals surface area (Å²) in [6.45, 7) is 2.61. The van der Waals surface area contributed by atoms with Gasteiger partial charge in [-0.15, -0.1) is 0 Å². The molecule has 1 aromatic carbocycles. The number of hydrogen-bond acceptors (Lipinski definition) is 4. The summed E-state index contributed by atoms with van der Waals surface area (Å²) in [7, 11) is 0. The number of halogens is 2. The van der Waals surface area contributed by atoms with E-state index in [0.717, 1.165) is 25.1 Å². The largest absolute Gasteiger partial charge is 0.370 e. The first-order chi connectivity index (χ1) is 12.1. The van der Waals surface area contributed by atoms with Crippen LogP contribution in [0.2, 0.25) is 0 Å². The standard InChI is InChI=1S/C19H22F2N4/c1-13-23-18(22-10-9-14-5-3-2-4-6-14)12-19(24-13)25-15-7-8-16(20)17(21)11-15/h5,7-8,11-12H,2-4,6,9-10H2,1H3,(H2,22,23,24,25). The average Bonchev–Trinajstić information content (AvgIpc) is 2.59. The highest BCUT2D eigenvalue weighted by molar-refractivity contribution is 5.59. The van der Waals surface area contributed by atoms with Gasteiger partial charge in [0.2, 0.25) is 0 Å². The summed E-state index contributed by atoms with van der Waals surface area (Å²) in [6, 6.07) is 5.43. The van der Waals surface area contributed by atoms with Crippen LogP contribution in [-0.2, 0) is 0 Å². The van der Waals surface area contributed by atoms with Gasteiger partial charge in [-0.05, 0) is 51.2 Å². The molecular formula is C19H22F2N4. The lowest BCUT2D eigenvalue weighted by atomic mass is 9.97. The molecule has 0 atom stereocenters. The summed E-state index contributed by atoms with van der Waals surface area (Å²) in [5, 5.41) is 6.30. The second kappa shape index (κ2) is 8.05. The first-order valence-electron chi connectivity index (χ1n) is 8.60. The van der Waals surface area contributed by atoms with E-state index in [1.807, 2.05) is 0 Å². The lowest BCUT2D eigenvalue weighted by molar-refractivity contribution is 0.509. The minimum Gasteiger partial charge on any atom is -0.370 e. The molecule has 0 spiro atoms. The zero-order chi connectivity index (χ0) is 17.6. The Morgan fingerprint density at radius 2 is 1.88 bits per heavy atom. The van der Waals surface area contributed by atoms with Gasteiger partial charge in [-0.3, -0.25) is 0 Å². The molecule has 0 radical (unpaired) electrons. The highest BCUT2D eigenvalue weighted by Crippen LogP contribution is 2.21. The number of rotatable bonds is 6. The number of aryl methyl sites for hydroxylation is 1. The second-order valence-electron chi connectivity index (χ2n) is 6.22. The number of hydrogen-bond donors (Lipinski definition) is 2. The van der Waals surface area contributed by atoms with E-state index in [2.05, 4.69) is 26.7 Å². The molecule has 0 aliphatic heterocycles. The molecule has 3 rings (SSSR count). The van der Waals surface area contributed by atoms with Gasteiger partial charge in [0.05, 0.1) is 0 Å². The monoisotopic (exact) mass is 344 g/mol. The molecule has 132 valence electrons. The van der Waals surface area contributed by atoms with Crippen LogP contribution in [-0.4, -0.2) is 16.5 Å². The van der Waals surface area contributed by atoms with Crippen LogP contribution in [0.1, 0.15) is 37.9 Å². The Labute approximate surface area is 146 Å². The van der Waals surface area contributed by atoms with E-state index in [9.17, 15) is 8.78 Å². The average molecular weight is 344 g/mol. The van der Waals surface area contributed by atoms with Crippen molar-refractivity contribution in [3.05, 3.63) is 53.4 Å². The molecule has 0 amide bonds. The Morgan fingerprint density at radius 3 is 2.64 bits per heavy atom. The van der Waals surface area contributed by atoms with Crippen molar-refractivity contribution in [2.75, 3.05) is 17.2 Å². The molecule has 25 heavy (non-hydrogen) atoms. The molecule has 2 N–H and O–H groups in total. The maximum absolute atomic E-state index is 13.3. The topological polar surface area (TPSA) is 49.8 Å². The molecular weight excluding hydrogens is 322 g/mol. The fourth-order valence-electron chi connectivity index (χ4n) is 2.93. The lowest BCUT2D eigenvalue weighted by Gasteiger charge is -2.14. The molecule has 0 saturated carbocycles. The summed E-state index contributed by atoms with van der Waals surface area (Å²) < 4.78 is 26.3. The van der Waals surface area contributed by atoms with Crippen molar-refractivity contribution in [2.24, 2.45) is 0 Å². The van der Waals surface area contributed by atoms with E-state index in [4.69, 9.17) is 0 Å². The SMILES string of the molecule is Cc1nc(NCCC2=CCCCC2)cc(Nc2ccc(F)c(F)c2)n1. The molecule has 4 nitrogen and oxygen atoms in total. The van der Waals surface area contributed by atoms with Crippen LogP contribution in [0.4, 0.5) is 26.1 Å². The summed E-state index contributed by atoms with van der Waals surface area (Å²) in [5.41, 5.74) is 1.94. The Bertz CT molecular complexity index is 774. The molecule has 1 heterocycles. The van der Waals surface area contributed by atoms with E-state index in [0.29, 0.717) is 23.1 Å². The Hall–Kier alpha value is -2.50. The van der Waals surface area contributed by atoms with Gasteiger partial charge in [-0.25, -0.2) is 18.7 Å². The summed E-state index contributed by atoms with van der Waals surface area (Å²) in [4.78, 5) is 8.66. The van der Waals surface area contributed by atoms with Crippen LogP contribution in [0.25, 0.3) is 0 Å². The highest BCUT2D eigenvalue weighted by atomic mass is 19.2. The quantitative estimate of drug-likeness (QED) is 0.715. The minimum atomic E-state index is -0.894. The van der Waals surface area contributed by atoms with Gasteiger partial charge >= 0.3 is 0 Å². The van der Waals surface area contributed by atoms with Crippen LogP contribution < -0.4 is 10.6 Å². The van der Waals surface area contributed by atoms with Crippen molar-refractivity contribution in [3.8, 4) is 0 Å². The molecule has 0 saturated heterocycles. The number of benzene rings is 1. The maximum Gasteiger partial charge on any atom is 0.160 e. The van der Waals surface area contributed by atoms with Crippen molar-refractivity contribution >= 4 is 17.3 Å². The van der Waals surface area contributed by atoms with Crippen LogP contribution in [0.5, 0.6) is 0 Å². The molecule has 1 aliphatic rings. The molecule has 1 aliphatic carbocycles. The van der Waals surface area contributed by atoms with Crippen molar-refractivity contribution < 1.29 is 8.78 Å². The highest BCUT2D eigenvalue weighted by Gasteiger charge is 2.07. The fourth-order valence-corrected chi connectivity index (χ4v) is 2.93. The Morgan fingerprint density at radius 1 is 1.04 bits per heavy atom. The summed E-state index contributed by atoms with van der Waals surface area (Å²) >= 11 is 0. The predicted molar refractivity (Wildman–Crippen MR) is 96.1 cm³/mol. The Balaban J connectivity index is 1.63. The smallest absolute Gasteiger partial charge is 0.160 e. The van der Waals surface area contributed by atoms with Gasteiger partial charge in [0.25, 0.3) is 0 Å². The van der Waals surface area contributed by atoms with Crippen molar-refractivity contribution in [2.45, 2.75) is 39.0 Å². The van der Waals surface area contributed by atoms with Gasteiger partial charge < -0.3 is 10.6 Å². The third-order valence-corrected chi connectivity index (χ3v) is 4.17. The number of allylic oxidation sites excluding steroid dienone is 1. The zero-order valence-electron chi connectivity index (χ0n) is 14.3. The number of nitrogens with one attached hydrogen (secondary N) is 2. The Kier molecular flexibility index (Phi) is 5.58. The summed E-state index contributed by atoms with van der Waals surface area (Å²) in [5.74, 6) is 0.0949. The predicted octanol–water partition coefficient (Wildman–Crippen LogP) is 5.11. The van der Waals surface area contributed by atoms with E-state index < -0.39 is 11.6 Å². The number of aromatic nitrogens is 2. The van der Waals surface area contributed by atoms with Crippen LogP contribution in [0.3, 0.4) is 0 Å². The number of nitrogens with zero attached hydrogens (tertiary/aromatic N) is 2. The van der Waals surface area contributed by atoms with Crippen LogP contribution >= 0.6 is 0 Å². The second-order valence-corrected chi connectivity index (χ2v) is 6.22. The van der Waals surface area contributed by atoms with Crippen LogP contribution in [0.15, 0.2) is 35.9 Å². The van der Waals surface area contributed by atoms with Crippen LogP contribution in [0, 0.1) is 18.6 Å². The first-order valence-corrected chi connectivity index (χ1v) is 8.60. The van der Waals surface area contributed by atoms with Crippen molar-refractivity contribution in [3.63, 3.8) is 0 Å². The zero-order valence-corrected chi connectivity index (χ0v) is 14.3.